The van der Waals surface area contributed by atoms with Crippen molar-refractivity contribution in [1.29, 1.82) is 0 Å². The third kappa shape index (κ3) is 2.53. The standard InChI is InChI=1S/C25H22/c1-3-12-22-19(7-1)15-16-20(22)10-5-9-18-11-6-14-24-23-13-4-2-8-21(23)17-25(18)24/h1-4,6-8,11-16,20H,5,9-10,17H2. The van der Waals surface area contributed by atoms with Crippen molar-refractivity contribution in [2.24, 2.45) is 0 Å². The highest BCUT2D eigenvalue weighted by Crippen LogP contribution is 2.39. The van der Waals surface area contributed by atoms with Crippen molar-refractivity contribution in [3.8, 4) is 11.1 Å². The molecule has 0 amide bonds. The summed E-state index contributed by atoms with van der Waals surface area (Å²) in [6.07, 6.45) is 9.45. The zero-order valence-corrected chi connectivity index (χ0v) is 14.4. The molecule has 3 aromatic rings. The first kappa shape index (κ1) is 14.7. The molecule has 0 saturated heterocycles. The SMILES string of the molecule is C1=CC(CCCc2cccc3c2Cc2ccccc2-3)c2ccccc21. The molecule has 2 aliphatic rings. The zero-order valence-electron chi connectivity index (χ0n) is 14.4. The highest BCUT2D eigenvalue weighted by molar-refractivity contribution is 5.77. The molecule has 0 N–H and O–H groups in total. The molecule has 0 bridgehead atoms. The van der Waals surface area contributed by atoms with Gasteiger partial charge in [-0.3, -0.25) is 0 Å². The zero-order chi connectivity index (χ0) is 16.6. The number of hydrogen-bond acceptors (Lipinski definition) is 0. The van der Waals surface area contributed by atoms with Crippen LogP contribution in [0.25, 0.3) is 17.2 Å². The molecule has 1 unspecified atom stereocenters. The van der Waals surface area contributed by atoms with Crippen LogP contribution in [0, 0.1) is 0 Å². The lowest BCUT2D eigenvalue weighted by Crippen LogP contribution is -1.97. The summed E-state index contributed by atoms with van der Waals surface area (Å²) >= 11 is 0. The predicted molar refractivity (Wildman–Crippen MR) is 106 cm³/mol. The van der Waals surface area contributed by atoms with E-state index in [9.17, 15) is 0 Å². The lowest BCUT2D eigenvalue weighted by Gasteiger charge is -2.12. The topological polar surface area (TPSA) is 0 Å². The second-order valence-corrected chi connectivity index (χ2v) is 7.26. The number of benzene rings is 3. The molecule has 0 aromatic heterocycles. The van der Waals surface area contributed by atoms with E-state index < -0.39 is 0 Å². The fraction of sp³-hybridized carbons (Fsp3) is 0.200. The Bertz CT molecular complexity index is 961. The lowest BCUT2D eigenvalue weighted by atomic mass is 9.92. The summed E-state index contributed by atoms with van der Waals surface area (Å²) in [5.74, 6) is 0.602. The summed E-state index contributed by atoms with van der Waals surface area (Å²) in [4.78, 5) is 0. The normalized spacial score (nSPS) is 16.6. The van der Waals surface area contributed by atoms with Gasteiger partial charge in [-0.05, 0) is 64.6 Å². The van der Waals surface area contributed by atoms with Crippen molar-refractivity contribution in [2.75, 3.05) is 0 Å². The third-order valence-electron chi connectivity index (χ3n) is 5.81. The smallest absolute Gasteiger partial charge is 0.00273 e. The van der Waals surface area contributed by atoms with Gasteiger partial charge in [-0.25, -0.2) is 0 Å². The summed E-state index contributed by atoms with van der Waals surface area (Å²) in [5, 5.41) is 0. The van der Waals surface area contributed by atoms with E-state index in [4.69, 9.17) is 0 Å². The van der Waals surface area contributed by atoms with E-state index in [0.29, 0.717) is 5.92 Å². The van der Waals surface area contributed by atoms with Crippen LogP contribution in [-0.4, -0.2) is 0 Å². The average Bonchev–Trinajstić information content (AvgIpc) is 3.24. The van der Waals surface area contributed by atoms with Crippen molar-refractivity contribution >= 4 is 6.08 Å². The number of rotatable bonds is 4. The molecule has 3 aromatic carbocycles. The van der Waals surface area contributed by atoms with Gasteiger partial charge in [0, 0.05) is 5.92 Å². The Morgan fingerprint density at radius 2 is 1.64 bits per heavy atom. The summed E-state index contributed by atoms with van der Waals surface area (Å²) in [7, 11) is 0. The van der Waals surface area contributed by atoms with E-state index in [1.54, 1.807) is 11.1 Å². The van der Waals surface area contributed by atoms with Crippen LogP contribution in [0.15, 0.2) is 72.8 Å². The predicted octanol–water partition coefficient (Wildman–Crippen LogP) is 6.39. The molecule has 25 heavy (non-hydrogen) atoms. The van der Waals surface area contributed by atoms with E-state index in [0.717, 1.165) is 6.42 Å². The average molecular weight is 322 g/mol. The minimum Gasteiger partial charge on any atom is -0.0764 e. The van der Waals surface area contributed by atoms with Gasteiger partial charge in [0.1, 0.15) is 0 Å². The maximum Gasteiger partial charge on any atom is 0.00273 e. The quantitative estimate of drug-likeness (QED) is 0.408. The largest absolute Gasteiger partial charge is 0.0764 e. The Morgan fingerprint density at radius 3 is 2.64 bits per heavy atom. The summed E-state index contributed by atoms with van der Waals surface area (Å²) in [5.41, 5.74) is 10.4. The van der Waals surface area contributed by atoms with E-state index >= 15 is 0 Å². The van der Waals surface area contributed by atoms with Gasteiger partial charge in [-0.15, -0.1) is 0 Å². The molecule has 0 aliphatic heterocycles. The molecule has 0 fully saturated rings. The molecule has 0 radical (unpaired) electrons. The van der Waals surface area contributed by atoms with Crippen LogP contribution in [0.2, 0.25) is 0 Å². The maximum absolute atomic E-state index is 2.38. The molecular weight excluding hydrogens is 300 g/mol. The van der Waals surface area contributed by atoms with Crippen LogP contribution in [0.4, 0.5) is 0 Å². The van der Waals surface area contributed by atoms with Gasteiger partial charge >= 0.3 is 0 Å². The summed E-state index contributed by atoms with van der Waals surface area (Å²) in [6, 6.07) is 24.6. The minimum atomic E-state index is 0.602. The molecule has 0 heterocycles. The molecule has 0 spiro atoms. The molecule has 1 atom stereocenters. The van der Waals surface area contributed by atoms with E-state index in [1.807, 2.05) is 0 Å². The molecule has 0 nitrogen and oxygen atoms in total. The number of fused-ring (bicyclic) bond motifs is 4. The van der Waals surface area contributed by atoms with E-state index in [-0.39, 0.29) is 0 Å². The van der Waals surface area contributed by atoms with Crippen LogP contribution in [0.3, 0.4) is 0 Å². The highest BCUT2D eigenvalue weighted by atomic mass is 14.2. The van der Waals surface area contributed by atoms with Crippen molar-refractivity contribution in [3.63, 3.8) is 0 Å². The van der Waals surface area contributed by atoms with Crippen molar-refractivity contribution in [3.05, 3.63) is 101 Å². The van der Waals surface area contributed by atoms with E-state index in [2.05, 4.69) is 78.9 Å². The van der Waals surface area contributed by atoms with Crippen LogP contribution in [0.1, 0.15) is 46.6 Å². The van der Waals surface area contributed by atoms with Gasteiger partial charge in [-0.2, -0.15) is 0 Å². The van der Waals surface area contributed by atoms with Gasteiger partial charge in [0.15, 0.2) is 0 Å². The van der Waals surface area contributed by atoms with Crippen LogP contribution in [0.5, 0.6) is 0 Å². The first-order chi connectivity index (χ1) is 12.4. The van der Waals surface area contributed by atoms with Crippen molar-refractivity contribution in [2.45, 2.75) is 31.6 Å². The summed E-state index contributed by atoms with van der Waals surface area (Å²) in [6.45, 7) is 0. The molecule has 0 saturated carbocycles. The highest BCUT2D eigenvalue weighted by Gasteiger charge is 2.21. The number of aryl methyl sites for hydroxylation is 1. The third-order valence-corrected chi connectivity index (χ3v) is 5.81. The fourth-order valence-corrected chi connectivity index (χ4v) is 4.55. The second-order valence-electron chi connectivity index (χ2n) is 7.26. The Hall–Kier alpha value is -2.60. The van der Waals surface area contributed by atoms with Crippen LogP contribution in [-0.2, 0) is 12.8 Å². The van der Waals surface area contributed by atoms with Gasteiger partial charge in [0.25, 0.3) is 0 Å². The Kier molecular flexibility index (Phi) is 3.56. The van der Waals surface area contributed by atoms with E-state index in [1.165, 1.54) is 47.1 Å². The van der Waals surface area contributed by atoms with Crippen molar-refractivity contribution < 1.29 is 0 Å². The Morgan fingerprint density at radius 1 is 0.800 bits per heavy atom. The molecule has 122 valence electrons. The Labute approximate surface area is 149 Å². The first-order valence-corrected chi connectivity index (χ1v) is 9.36. The van der Waals surface area contributed by atoms with Gasteiger partial charge in [0.2, 0.25) is 0 Å². The number of hydrogen-bond donors (Lipinski definition) is 0. The fourth-order valence-electron chi connectivity index (χ4n) is 4.55. The summed E-state index contributed by atoms with van der Waals surface area (Å²) < 4.78 is 0. The lowest BCUT2D eigenvalue weighted by molar-refractivity contribution is 0.680. The van der Waals surface area contributed by atoms with Gasteiger partial charge in [0.05, 0.1) is 0 Å². The monoisotopic (exact) mass is 322 g/mol. The van der Waals surface area contributed by atoms with Crippen molar-refractivity contribution in [1.82, 2.24) is 0 Å². The minimum absolute atomic E-state index is 0.602. The number of allylic oxidation sites excluding steroid dienone is 1. The first-order valence-electron chi connectivity index (χ1n) is 9.36. The Balaban J connectivity index is 1.32. The van der Waals surface area contributed by atoms with Gasteiger partial charge in [-0.1, -0.05) is 78.9 Å². The molecule has 5 rings (SSSR count). The molecular formula is C25H22. The molecule has 0 heteroatoms. The van der Waals surface area contributed by atoms with Crippen LogP contribution >= 0.6 is 0 Å². The van der Waals surface area contributed by atoms with Gasteiger partial charge < -0.3 is 0 Å². The second kappa shape index (κ2) is 6.04. The maximum atomic E-state index is 2.38. The molecule has 2 aliphatic carbocycles. The van der Waals surface area contributed by atoms with Crippen LogP contribution < -0.4 is 0 Å².